The normalized spacial score (nSPS) is 42.5. The van der Waals surface area contributed by atoms with E-state index in [4.69, 9.17) is 4.74 Å². The molecule has 5 aliphatic rings. The Balaban J connectivity index is 1.25. The molecule has 2 nitrogen and oxygen atoms in total. The van der Waals surface area contributed by atoms with Gasteiger partial charge in [-0.1, -0.05) is 66.0 Å². The lowest BCUT2D eigenvalue weighted by Crippen LogP contribution is -2.51. The van der Waals surface area contributed by atoms with Crippen molar-refractivity contribution in [3.05, 3.63) is 11.6 Å². The fourth-order valence-electron chi connectivity index (χ4n) is 9.97. The van der Waals surface area contributed by atoms with Gasteiger partial charge in [0.15, 0.2) is 0 Å². The van der Waals surface area contributed by atoms with Crippen LogP contribution in [0, 0.1) is 58.2 Å². The maximum Gasteiger partial charge on any atom is 0.309 e. The zero-order valence-electron chi connectivity index (χ0n) is 23.8. The van der Waals surface area contributed by atoms with Crippen molar-refractivity contribution >= 4 is 5.97 Å². The van der Waals surface area contributed by atoms with Crippen LogP contribution in [0.15, 0.2) is 11.6 Å². The molecule has 0 radical (unpaired) electrons. The number of hydrogen-bond donors (Lipinski definition) is 0. The second-order valence-corrected chi connectivity index (χ2v) is 14.5. The molecule has 0 amide bonds. The van der Waals surface area contributed by atoms with Gasteiger partial charge in [0.1, 0.15) is 6.10 Å². The molecular formula is C33H54O2. The van der Waals surface area contributed by atoms with Crippen molar-refractivity contribution in [3.8, 4) is 0 Å². The molecule has 0 aromatic rings. The third-order valence-corrected chi connectivity index (χ3v) is 12.5. The number of allylic oxidation sites excluding steroid dienone is 1. The Morgan fingerprint density at radius 1 is 1.00 bits per heavy atom. The van der Waals surface area contributed by atoms with Gasteiger partial charge in [0.25, 0.3) is 0 Å². The third kappa shape index (κ3) is 4.67. The lowest BCUT2D eigenvalue weighted by atomic mass is 9.47. The molecule has 2 heteroatoms. The molecule has 35 heavy (non-hydrogen) atoms. The zero-order valence-corrected chi connectivity index (χ0v) is 23.8. The van der Waals surface area contributed by atoms with Crippen molar-refractivity contribution < 1.29 is 9.53 Å². The van der Waals surface area contributed by atoms with Gasteiger partial charge in [-0.3, -0.25) is 4.79 Å². The molecule has 0 aliphatic heterocycles. The highest BCUT2D eigenvalue weighted by Crippen LogP contribution is 2.67. The first-order valence-corrected chi connectivity index (χ1v) is 15.6. The van der Waals surface area contributed by atoms with E-state index in [-0.39, 0.29) is 18.0 Å². The number of ether oxygens (including phenoxy) is 1. The summed E-state index contributed by atoms with van der Waals surface area (Å²) in [6, 6.07) is 0. The number of carbonyl (C=O) groups is 1. The molecule has 0 aromatic heterocycles. The van der Waals surface area contributed by atoms with Gasteiger partial charge < -0.3 is 4.74 Å². The van der Waals surface area contributed by atoms with Gasteiger partial charge in [0.05, 0.1) is 5.92 Å². The van der Waals surface area contributed by atoms with Gasteiger partial charge in [-0.05, 0) is 116 Å². The summed E-state index contributed by atoms with van der Waals surface area (Å²) < 4.78 is 5.95. The highest BCUT2D eigenvalue weighted by Gasteiger charge is 2.59. The van der Waals surface area contributed by atoms with Gasteiger partial charge in [0, 0.05) is 6.42 Å². The highest BCUT2D eigenvalue weighted by atomic mass is 16.5. The SMILES string of the molecule is CC[C@H](CC[C@@H](C)[C@H]1CC[C@H]2[C@@H]3CC=C4C[C@@H](OC(=O)C5CC5)CC[C@]4(C)[C@H]3CC[C@]12C)C(C)C. The van der Waals surface area contributed by atoms with Gasteiger partial charge >= 0.3 is 5.97 Å². The number of hydrogen-bond acceptors (Lipinski definition) is 2. The van der Waals surface area contributed by atoms with Crippen molar-refractivity contribution in [3.63, 3.8) is 0 Å². The molecule has 198 valence electrons. The molecule has 0 N–H and O–H groups in total. The van der Waals surface area contributed by atoms with E-state index in [1.807, 2.05) is 0 Å². The molecule has 0 heterocycles. The quantitative estimate of drug-likeness (QED) is 0.255. The Morgan fingerprint density at radius 2 is 1.77 bits per heavy atom. The number of esters is 1. The van der Waals surface area contributed by atoms with Crippen LogP contribution < -0.4 is 0 Å². The first kappa shape index (κ1) is 25.8. The van der Waals surface area contributed by atoms with Crippen molar-refractivity contribution in [2.75, 3.05) is 0 Å². The molecule has 5 aliphatic carbocycles. The zero-order chi connectivity index (χ0) is 25.0. The molecule has 4 saturated carbocycles. The van der Waals surface area contributed by atoms with E-state index < -0.39 is 0 Å². The van der Waals surface area contributed by atoms with Crippen LogP contribution in [0.3, 0.4) is 0 Å². The summed E-state index contributed by atoms with van der Waals surface area (Å²) in [5.74, 6) is 6.48. The minimum Gasteiger partial charge on any atom is -0.462 e. The number of fused-ring (bicyclic) bond motifs is 5. The summed E-state index contributed by atoms with van der Waals surface area (Å²) in [6.07, 6.45) is 19.5. The summed E-state index contributed by atoms with van der Waals surface area (Å²) >= 11 is 0. The summed E-state index contributed by atoms with van der Waals surface area (Å²) in [5, 5.41) is 0. The van der Waals surface area contributed by atoms with E-state index in [9.17, 15) is 4.79 Å². The minimum atomic E-state index is 0.0890. The molecule has 5 rings (SSSR count). The minimum absolute atomic E-state index is 0.0890. The second kappa shape index (κ2) is 9.83. The van der Waals surface area contributed by atoms with Crippen molar-refractivity contribution in [1.29, 1.82) is 0 Å². The highest BCUT2D eigenvalue weighted by molar-refractivity contribution is 5.75. The fraction of sp³-hybridized carbons (Fsp3) is 0.909. The van der Waals surface area contributed by atoms with E-state index >= 15 is 0 Å². The largest absolute Gasteiger partial charge is 0.462 e. The van der Waals surface area contributed by atoms with Gasteiger partial charge in [-0.15, -0.1) is 0 Å². The van der Waals surface area contributed by atoms with Crippen LogP contribution in [0.4, 0.5) is 0 Å². The average Bonchev–Trinajstić information content (AvgIpc) is 3.61. The van der Waals surface area contributed by atoms with Gasteiger partial charge in [-0.25, -0.2) is 0 Å². The molecule has 0 aromatic carbocycles. The van der Waals surface area contributed by atoms with Crippen LogP contribution in [-0.2, 0) is 9.53 Å². The lowest BCUT2D eigenvalue weighted by molar-refractivity contribution is -0.153. The Kier molecular flexibility index (Phi) is 7.26. The fourth-order valence-corrected chi connectivity index (χ4v) is 9.97. The topological polar surface area (TPSA) is 26.3 Å². The standard InChI is InChI=1S/C33H54O2/c1-7-23(21(2)3)9-8-22(4)28-14-15-29-27-13-12-25-20-26(35-31(34)24-10-11-24)16-18-32(25,5)30(27)17-19-33(28,29)6/h12,21-24,26-30H,7-11,13-20H2,1-6H3/t22-,23-,26+,27+,28-,29+,30+,32+,33-/m1/s1. The first-order chi connectivity index (χ1) is 16.7. The van der Waals surface area contributed by atoms with Crippen molar-refractivity contribution in [2.45, 2.75) is 131 Å². The van der Waals surface area contributed by atoms with E-state index in [2.05, 4.69) is 47.6 Å². The molecule has 9 atom stereocenters. The Labute approximate surface area is 216 Å². The van der Waals surface area contributed by atoms with Crippen molar-refractivity contribution in [1.82, 2.24) is 0 Å². The van der Waals surface area contributed by atoms with E-state index in [0.717, 1.165) is 67.1 Å². The Hall–Kier alpha value is -0.790. The van der Waals surface area contributed by atoms with Gasteiger partial charge in [-0.2, -0.15) is 0 Å². The van der Waals surface area contributed by atoms with Crippen LogP contribution in [0.5, 0.6) is 0 Å². The molecular weight excluding hydrogens is 428 g/mol. The summed E-state index contributed by atoms with van der Waals surface area (Å²) in [6.45, 7) is 15.1. The smallest absolute Gasteiger partial charge is 0.309 e. The summed E-state index contributed by atoms with van der Waals surface area (Å²) in [7, 11) is 0. The Morgan fingerprint density at radius 3 is 2.46 bits per heavy atom. The third-order valence-electron chi connectivity index (χ3n) is 12.5. The van der Waals surface area contributed by atoms with Crippen LogP contribution >= 0.6 is 0 Å². The Bertz CT molecular complexity index is 808. The predicted molar refractivity (Wildman–Crippen MR) is 145 cm³/mol. The van der Waals surface area contributed by atoms with Crippen LogP contribution in [0.25, 0.3) is 0 Å². The number of carbonyl (C=O) groups excluding carboxylic acids is 1. The van der Waals surface area contributed by atoms with Crippen molar-refractivity contribution in [2.24, 2.45) is 58.2 Å². The van der Waals surface area contributed by atoms with Crippen LogP contribution in [0.1, 0.15) is 125 Å². The first-order valence-electron chi connectivity index (χ1n) is 15.6. The monoisotopic (exact) mass is 482 g/mol. The number of rotatable bonds is 8. The molecule has 0 saturated heterocycles. The molecule has 0 unspecified atom stereocenters. The van der Waals surface area contributed by atoms with E-state index in [0.29, 0.717) is 10.8 Å². The summed E-state index contributed by atoms with van der Waals surface area (Å²) in [4.78, 5) is 12.3. The lowest BCUT2D eigenvalue weighted by Gasteiger charge is -2.58. The van der Waals surface area contributed by atoms with Gasteiger partial charge in [0.2, 0.25) is 0 Å². The average molecular weight is 483 g/mol. The summed E-state index contributed by atoms with van der Waals surface area (Å²) in [5.41, 5.74) is 2.55. The molecule has 0 spiro atoms. The van der Waals surface area contributed by atoms with Crippen LogP contribution in [0.2, 0.25) is 0 Å². The van der Waals surface area contributed by atoms with Crippen LogP contribution in [-0.4, -0.2) is 12.1 Å². The predicted octanol–water partition coefficient (Wildman–Crippen LogP) is 8.99. The van der Waals surface area contributed by atoms with E-state index in [1.54, 1.807) is 5.57 Å². The maximum atomic E-state index is 12.3. The molecule has 4 fully saturated rings. The second-order valence-electron chi connectivity index (χ2n) is 14.5. The maximum absolute atomic E-state index is 12.3. The van der Waals surface area contributed by atoms with E-state index in [1.165, 1.54) is 57.8 Å². The molecule has 0 bridgehead atoms.